The molecule has 3 saturated carbocycles. The molecule has 3 aliphatic carbocycles. The summed E-state index contributed by atoms with van der Waals surface area (Å²) >= 11 is 0. The minimum absolute atomic E-state index is 0. The van der Waals surface area contributed by atoms with Crippen molar-refractivity contribution >= 4 is 40.0 Å². The van der Waals surface area contributed by atoms with E-state index in [1.165, 1.54) is 28.9 Å². The number of benzene rings is 2. The zero-order valence-electron chi connectivity index (χ0n) is 25.3. The quantitative estimate of drug-likeness (QED) is 0.269. The van der Waals surface area contributed by atoms with E-state index in [4.69, 9.17) is 5.73 Å². The standard InChI is InChI=1S/C34H36F3N7.ClH/c1-22-24(3-5-29-26(22)11-25(13-38)44(29)20-32-15-33(39,16-32)17-32)14-42-8-6-31(7-9-42)18-43(19-31)30-27-10-23(12-34(35,36)37)2-4-28(27)40-21-41-30;/h2-5,10-11,21H,6-9,12,14-20,39H2,1H3;1H. The van der Waals surface area contributed by atoms with Gasteiger partial charge in [0.25, 0.3) is 0 Å². The zero-order valence-corrected chi connectivity index (χ0v) is 26.1. The summed E-state index contributed by atoms with van der Waals surface area (Å²) in [4.78, 5) is 13.5. The molecule has 1 spiro atoms. The van der Waals surface area contributed by atoms with Crippen LogP contribution >= 0.6 is 12.4 Å². The summed E-state index contributed by atoms with van der Waals surface area (Å²) in [7, 11) is 0. The van der Waals surface area contributed by atoms with E-state index >= 15 is 0 Å². The number of hydrogen-bond acceptors (Lipinski definition) is 6. The summed E-state index contributed by atoms with van der Waals surface area (Å²) < 4.78 is 41.3. The SMILES string of the molecule is Cc1c(CN2CCC3(CC2)CN(c2ncnc4ccc(CC(F)(F)F)cc24)C3)ccc2c1cc(C#N)n2CC12CC(N)(C1)C2.Cl. The number of rotatable bonds is 6. The second-order valence-corrected chi connectivity index (χ2v) is 14.4. The van der Waals surface area contributed by atoms with E-state index in [9.17, 15) is 18.4 Å². The highest BCUT2D eigenvalue weighted by Crippen LogP contribution is 2.66. The third-order valence-electron chi connectivity index (χ3n) is 11.0. The molecule has 7 nitrogen and oxygen atoms in total. The molecule has 0 radical (unpaired) electrons. The largest absolute Gasteiger partial charge is 0.393 e. The number of fused-ring (bicyclic) bond motifs is 2. The maximum absolute atomic E-state index is 13.0. The molecule has 0 amide bonds. The molecule has 236 valence electrons. The Bertz CT molecular complexity index is 1820. The highest BCUT2D eigenvalue weighted by Gasteiger charge is 2.65. The number of hydrogen-bond donors (Lipinski definition) is 1. The molecular formula is C34H37ClF3N7. The van der Waals surface area contributed by atoms with E-state index in [-0.39, 0.29) is 34.3 Å². The lowest BCUT2D eigenvalue weighted by molar-refractivity contribution is -0.141. The van der Waals surface area contributed by atoms with Crippen LogP contribution in [-0.2, 0) is 19.5 Å². The molecule has 0 atom stereocenters. The first kappa shape index (κ1) is 30.3. The minimum atomic E-state index is -4.25. The first-order valence-corrected chi connectivity index (χ1v) is 15.5. The van der Waals surface area contributed by atoms with Crippen molar-refractivity contribution in [2.45, 2.75) is 70.3 Å². The van der Waals surface area contributed by atoms with E-state index in [1.54, 1.807) is 12.1 Å². The first-order valence-electron chi connectivity index (χ1n) is 15.5. The highest BCUT2D eigenvalue weighted by atomic mass is 35.5. The molecule has 2 aromatic carbocycles. The van der Waals surface area contributed by atoms with Crippen molar-refractivity contribution in [3.63, 3.8) is 0 Å². The lowest BCUT2D eigenvalue weighted by atomic mass is 9.40. The second kappa shape index (κ2) is 10.3. The van der Waals surface area contributed by atoms with Crippen molar-refractivity contribution < 1.29 is 13.2 Å². The fraction of sp³-hybridized carbons (Fsp3) is 0.500. The van der Waals surface area contributed by atoms with Crippen LogP contribution in [-0.4, -0.2) is 57.3 Å². The summed E-state index contributed by atoms with van der Waals surface area (Å²) in [6.45, 7) is 7.66. The Balaban J connectivity index is 0.00000325. The van der Waals surface area contributed by atoms with Gasteiger partial charge in [-0.05, 0) is 98.5 Å². The third kappa shape index (κ3) is 5.13. The molecule has 45 heavy (non-hydrogen) atoms. The monoisotopic (exact) mass is 635 g/mol. The predicted molar refractivity (Wildman–Crippen MR) is 170 cm³/mol. The molecule has 2 aromatic heterocycles. The van der Waals surface area contributed by atoms with E-state index in [0.717, 1.165) is 88.4 Å². The Kier molecular flexibility index (Phi) is 6.94. The number of piperidine rings is 1. The topological polar surface area (TPSA) is 87.0 Å². The van der Waals surface area contributed by atoms with Gasteiger partial charge >= 0.3 is 6.18 Å². The Morgan fingerprint density at radius 3 is 2.40 bits per heavy atom. The van der Waals surface area contributed by atoms with Gasteiger partial charge < -0.3 is 15.2 Å². The number of nitrogens with zero attached hydrogens (tertiary/aromatic N) is 6. The van der Waals surface area contributed by atoms with Crippen LogP contribution in [0.2, 0.25) is 0 Å². The van der Waals surface area contributed by atoms with E-state index in [2.05, 4.69) is 55.5 Å². The van der Waals surface area contributed by atoms with Crippen molar-refractivity contribution in [3.8, 4) is 6.07 Å². The van der Waals surface area contributed by atoms with Crippen molar-refractivity contribution in [2.75, 3.05) is 31.1 Å². The van der Waals surface area contributed by atoms with Gasteiger partial charge in [-0.15, -0.1) is 12.4 Å². The third-order valence-corrected chi connectivity index (χ3v) is 11.0. The summed E-state index contributed by atoms with van der Waals surface area (Å²) in [6, 6.07) is 13.7. The number of nitriles is 1. The maximum atomic E-state index is 13.0. The smallest absolute Gasteiger partial charge is 0.355 e. The Hall–Kier alpha value is -3.39. The molecule has 2 saturated heterocycles. The van der Waals surface area contributed by atoms with Crippen LogP contribution in [0.4, 0.5) is 19.0 Å². The van der Waals surface area contributed by atoms with Gasteiger partial charge in [0.05, 0.1) is 11.9 Å². The summed E-state index contributed by atoms with van der Waals surface area (Å²) in [5.74, 6) is 0.733. The molecule has 5 fully saturated rings. The fourth-order valence-electron chi connectivity index (χ4n) is 8.88. The highest BCUT2D eigenvalue weighted by molar-refractivity contribution is 5.90. The Morgan fingerprint density at radius 2 is 1.73 bits per heavy atom. The van der Waals surface area contributed by atoms with Crippen molar-refractivity contribution in [1.82, 2.24) is 19.4 Å². The summed E-state index contributed by atoms with van der Waals surface area (Å²) in [5.41, 5.74) is 12.2. The summed E-state index contributed by atoms with van der Waals surface area (Å²) in [5, 5.41) is 11.8. The predicted octanol–water partition coefficient (Wildman–Crippen LogP) is 6.28. The normalized spacial score (nSPS) is 25.4. The second-order valence-electron chi connectivity index (χ2n) is 14.4. The first-order chi connectivity index (χ1) is 21.0. The van der Waals surface area contributed by atoms with Gasteiger partial charge in [0.2, 0.25) is 0 Å². The minimum Gasteiger partial charge on any atom is -0.355 e. The number of halogens is 4. The van der Waals surface area contributed by atoms with Crippen LogP contribution in [0.5, 0.6) is 0 Å². The van der Waals surface area contributed by atoms with Crippen LogP contribution in [0.1, 0.15) is 54.5 Å². The molecular weight excluding hydrogens is 599 g/mol. The van der Waals surface area contributed by atoms with Crippen LogP contribution < -0.4 is 10.6 Å². The van der Waals surface area contributed by atoms with E-state index in [1.807, 2.05) is 0 Å². The Morgan fingerprint density at radius 1 is 1.00 bits per heavy atom. The van der Waals surface area contributed by atoms with Crippen LogP contribution in [0.15, 0.2) is 42.7 Å². The zero-order chi connectivity index (χ0) is 30.5. The number of nitrogens with two attached hydrogens (primary N) is 1. The number of alkyl halides is 3. The average molecular weight is 636 g/mol. The lowest BCUT2D eigenvalue weighted by Gasteiger charge is -2.69. The van der Waals surface area contributed by atoms with Gasteiger partial charge in [-0.1, -0.05) is 12.1 Å². The van der Waals surface area contributed by atoms with Gasteiger partial charge in [0.1, 0.15) is 23.9 Å². The number of aryl methyl sites for hydroxylation is 1. The molecule has 2 N–H and O–H groups in total. The van der Waals surface area contributed by atoms with Crippen LogP contribution in [0.25, 0.3) is 21.8 Å². The number of anilines is 1. The van der Waals surface area contributed by atoms with E-state index < -0.39 is 12.6 Å². The van der Waals surface area contributed by atoms with Crippen molar-refractivity contribution in [3.05, 3.63) is 65.1 Å². The van der Waals surface area contributed by atoms with Gasteiger partial charge in [-0.25, -0.2) is 9.97 Å². The van der Waals surface area contributed by atoms with Gasteiger partial charge in [0.15, 0.2) is 0 Å². The van der Waals surface area contributed by atoms with Gasteiger partial charge in [-0.2, -0.15) is 18.4 Å². The molecule has 9 rings (SSSR count). The van der Waals surface area contributed by atoms with Crippen LogP contribution in [0.3, 0.4) is 0 Å². The lowest BCUT2D eigenvalue weighted by Crippen LogP contribution is -2.73. The van der Waals surface area contributed by atoms with Gasteiger partial charge in [-0.3, -0.25) is 4.90 Å². The van der Waals surface area contributed by atoms with Gasteiger partial charge in [0, 0.05) is 53.4 Å². The summed E-state index contributed by atoms with van der Waals surface area (Å²) in [6.07, 6.45) is 1.64. The maximum Gasteiger partial charge on any atom is 0.393 e. The molecule has 4 heterocycles. The average Bonchev–Trinajstić information content (AvgIpc) is 3.29. The molecule has 5 aliphatic rings. The fourth-order valence-corrected chi connectivity index (χ4v) is 8.88. The molecule has 2 bridgehead atoms. The molecule has 4 aromatic rings. The van der Waals surface area contributed by atoms with E-state index in [0.29, 0.717) is 10.9 Å². The number of aromatic nitrogens is 3. The van der Waals surface area contributed by atoms with Crippen molar-refractivity contribution in [1.29, 1.82) is 5.26 Å². The van der Waals surface area contributed by atoms with Crippen LogP contribution in [0, 0.1) is 29.1 Å². The Labute approximate surface area is 266 Å². The van der Waals surface area contributed by atoms with Crippen molar-refractivity contribution in [2.24, 2.45) is 16.6 Å². The molecule has 11 heteroatoms. The molecule has 2 aliphatic heterocycles. The molecule has 0 unspecified atom stereocenters. The number of likely N-dealkylation sites (tertiary alicyclic amines) is 1.